The van der Waals surface area contributed by atoms with Gasteiger partial charge in [0, 0.05) is 24.7 Å². The van der Waals surface area contributed by atoms with E-state index >= 15 is 0 Å². The molecule has 0 amide bonds. The van der Waals surface area contributed by atoms with E-state index in [1.165, 1.54) is 36.5 Å². The van der Waals surface area contributed by atoms with E-state index < -0.39 is 23.8 Å². The molecule has 0 fully saturated rings. The van der Waals surface area contributed by atoms with Gasteiger partial charge in [0.15, 0.2) is 0 Å². The number of carbonyl (C=O) groups excluding carboxylic acids is 1. The number of ether oxygens (including phenoxy) is 1. The molecule has 1 atom stereocenters. The van der Waals surface area contributed by atoms with Crippen LogP contribution in [0.15, 0.2) is 48.7 Å². The second-order valence-electron chi connectivity index (χ2n) is 7.40. The van der Waals surface area contributed by atoms with Gasteiger partial charge in [-0.25, -0.2) is 18.0 Å². The number of benzene rings is 1. The van der Waals surface area contributed by atoms with Crippen molar-refractivity contribution >= 4 is 11.8 Å². The number of nitrogens with one attached hydrogen (secondary N) is 1. The molecule has 0 aliphatic heterocycles. The molecule has 2 heterocycles. The lowest BCUT2D eigenvalue weighted by Crippen LogP contribution is -2.14. The third-order valence-electron chi connectivity index (χ3n) is 4.50. The lowest BCUT2D eigenvalue weighted by Gasteiger charge is -2.11. The summed E-state index contributed by atoms with van der Waals surface area (Å²) in [4.78, 5) is 15.9. The first kappa shape index (κ1) is 23.2. The maximum absolute atomic E-state index is 14.3. The average molecular weight is 444 g/mol. The van der Waals surface area contributed by atoms with E-state index in [-0.39, 0.29) is 48.0 Å². The van der Waals surface area contributed by atoms with Gasteiger partial charge >= 0.3 is 5.97 Å². The number of pyridine rings is 1. The van der Waals surface area contributed by atoms with Crippen LogP contribution in [0.2, 0.25) is 0 Å². The highest BCUT2D eigenvalue weighted by Crippen LogP contribution is 2.23. The number of halogens is 3. The molecule has 1 N–H and O–H groups in total. The van der Waals surface area contributed by atoms with Crippen LogP contribution >= 0.6 is 0 Å². The molecule has 9 heteroatoms. The number of aromatic nitrogens is 3. The Labute approximate surface area is 183 Å². The van der Waals surface area contributed by atoms with E-state index in [1.807, 2.05) is 0 Å². The number of esters is 1. The topological polar surface area (TPSA) is 77.0 Å². The molecule has 1 aromatic carbocycles. The molecule has 0 saturated heterocycles. The Kier molecular flexibility index (Phi) is 7.75. The van der Waals surface area contributed by atoms with Gasteiger partial charge in [-0.15, -0.1) is 10.2 Å². The summed E-state index contributed by atoms with van der Waals surface area (Å²) in [6.45, 7) is 3.69. The van der Waals surface area contributed by atoms with E-state index in [0.717, 1.165) is 0 Å². The number of anilines is 1. The number of nitrogens with zero attached hydrogens (tertiary/aromatic N) is 3. The summed E-state index contributed by atoms with van der Waals surface area (Å²) < 4.78 is 47.1. The van der Waals surface area contributed by atoms with Crippen molar-refractivity contribution in [3.8, 4) is 11.3 Å². The summed E-state index contributed by atoms with van der Waals surface area (Å²) in [7, 11) is 0. The van der Waals surface area contributed by atoms with Crippen molar-refractivity contribution in [1.29, 1.82) is 0 Å². The van der Waals surface area contributed by atoms with Gasteiger partial charge in [0.25, 0.3) is 0 Å². The molecule has 6 nitrogen and oxygen atoms in total. The van der Waals surface area contributed by atoms with Crippen LogP contribution in [0.4, 0.5) is 19.0 Å². The Morgan fingerprint density at radius 1 is 1.09 bits per heavy atom. The number of hydrogen-bond donors (Lipinski definition) is 1. The summed E-state index contributed by atoms with van der Waals surface area (Å²) in [6.07, 6.45) is -0.150. The summed E-state index contributed by atoms with van der Waals surface area (Å²) in [5.74, 6) is -1.26. The zero-order valence-electron chi connectivity index (χ0n) is 17.7. The molecule has 168 valence electrons. The van der Waals surface area contributed by atoms with Crippen molar-refractivity contribution in [3.63, 3.8) is 0 Å². The van der Waals surface area contributed by atoms with Crippen molar-refractivity contribution in [3.05, 3.63) is 71.6 Å². The zero-order chi connectivity index (χ0) is 23.1. The first-order valence-corrected chi connectivity index (χ1v) is 10.2. The number of rotatable bonds is 9. The molecule has 32 heavy (non-hydrogen) atoms. The minimum absolute atomic E-state index is 0.0886. The molecule has 3 aromatic rings. The lowest BCUT2D eigenvalue weighted by atomic mass is 10.1. The van der Waals surface area contributed by atoms with Crippen molar-refractivity contribution in [2.24, 2.45) is 0 Å². The van der Waals surface area contributed by atoms with Crippen molar-refractivity contribution < 1.29 is 22.7 Å². The molecule has 3 rings (SSSR count). The first-order chi connectivity index (χ1) is 15.3. The predicted octanol–water partition coefficient (Wildman–Crippen LogP) is 4.76. The van der Waals surface area contributed by atoms with Crippen LogP contribution in [0.25, 0.3) is 11.3 Å². The molecule has 0 unspecified atom stereocenters. The van der Waals surface area contributed by atoms with Crippen LogP contribution in [-0.4, -0.2) is 40.0 Å². The molecule has 0 aliphatic carbocycles. The van der Waals surface area contributed by atoms with E-state index in [4.69, 9.17) is 4.74 Å². The van der Waals surface area contributed by atoms with Gasteiger partial charge in [-0.2, -0.15) is 0 Å². The second kappa shape index (κ2) is 10.7. The number of hydrogen-bond acceptors (Lipinski definition) is 6. The van der Waals surface area contributed by atoms with E-state index in [2.05, 4.69) is 20.5 Å². The van der Waals surface area contributed by atoms with Crippen LogP contribution in [0.3, 0.4) is 0 Å². The largest absolute Gasteiger partial charge is 0.459 e. The Morgan fingerprint density at radius 2 is 1.91 bits per heavy atom. The monoisotopic (exact) mass is 444 g/mol. The van der Waals surface area contributed by atoms with Gasteiger partial charge in [0.2, 0.25) is 0 Å². The summed E-state index contributed by atoms with van der Waals surface area (Å²) in [6, 6.07) is 9.70. The predicted molar refractivity (Wildman–Crippen MR) is 114 cm³/mol. The number of carbonyl (C=O) groups is 1. The molecule has 0 radical (unpaired) electrons. The summed E-state index contributed by atoms with van der Waals surface area (Å²) >= 11 is 0. The molecule has 0 bridgehead atoms. The Morgan fingerprint density at radius 3 is 2.59 bits per heavy atom. The van der Waals surface area contributed by atoms with Gasteiger partial charge in [-0.05, 0) is 62.7 Å². The van der Waals surface area contributed by atoms with E-state index in [0.29, 0.717) is 5.82 Å². The van der Waals surface area contributed by atoms with E-state index in [9.17, 15) is 18.0 Å². The molecule has 0 saturated carbocycles. The maximum atomic E-state index is 14.3. The van der Waals surface area contributed by atoms with Crippen LogP contribution in [0.1, 0.15) is 36.3 Å². The highest BCUT2D eigenvalue weighted by Gasteiger charge is 2.15. The quantitative estimate of drug-likeness (QED) is 0.480. The zero-order valence-corrected chi connectivity index (χ0v) is 17.7. The highest BCUT2D eigenvalue weighted by molar-refractivity contribution is 5.91. The maximum Gasteiger partial charge on any atom is 0.338 e. The average Bonchev–Trinajstić information content (AvgIpc) is 2.76. The fourth-order valence-electron chi connectivity index (χ4n) is 2.94. The second-order valence-corrected chi connectivity index (χ2v) is 7.40. The molecule has 0 spiro atoms. The van der Waals surface area contributed by atoms with E-state index in [1.54, 1.807) is 26.0 Å². The van der Waals surface area contributed by atoms with Crippen LogP contribution in [0, 0.1) is 11.6 Å². The minimum Gasteiger partial charge on any atom is -0.459 e. The van der Waals surface area contributed by atoms with Crippen LogP contribution in [-0.2, 0) is 11.2 Å². The number of alkyl halides is 1. The van der Waals surface area contributed by atoms with Crippen LogP contribution < -0.4 is 5.32 Å². The molecule has 0 aliphatic rings. The third kappa shape index (κ3) is 6.26. The summed E-state index contributed by atoms with van der Waals surface area (Å²) in [5, 5.41) is 10.9. The van der Waals surface area contributed by atoms with Crippen molar-refractivity contribution in [1.82, 2.24) is 15.2 Å². The van der Waals surface area contributed by atoms with Gasteiger partial charge in [0.1, 0.15) is 23.6 Å². The first-order valence-electron chi connectivity index (χ1n) is 10.2. The standard InChI is InChI=1S/C23H23F3N4O2/c1-14(2)32-23(31)15-5-6-18(25)17(12-15)20-7-8-22(30-29-20)28-11-9-16(24)13-21-19(26)4-3-10-27-21/h3-8,10,12,14,16H,9,11,13H2,1-2H3,(H,28,30)/t16-/m0/s1. The van der Waals surface area contributed by atoms with Crippen molar-refractivity contribution in [2.75, 3.05) is 11.9 Å². The van der Waals surface area contributed by atoms with Crippen LogP contribution in [0.5, 0.6) is 0 Å². The Hall–Kier alpha value is -3.49. The smallest absolute Gasteiger partial charge is 0.338 e. The van der Waals surface area contributed by atoms with Gasteiger partial charge < -0.3 is 10.1 Å². The Balaban J connectivity index is 1.58. The fourth-order valence-corrected chi connectivity index (χ4v) is 2.94. The SMILES string of the molecule is CC(C)OC(=O)c1ccc(F)c(-c2ccc(NCC[C@H](F)Cc3ncccc3F)nn2)c1. The van der Waals surface area contributed by atoms with Gasteiger partial charge in [-0.1, -0.05) is 0 Å². The fraction of sp³-hybridized carbons (Fsp3) is 0.304. The van der Waals surface area contributed by atoms with Gasteiger partial charge in [0.05, 0.1) is 23.1 Å². The Bertz CT molecular complexity index is 1060. The minimum atomic E-state index is -1.28. The molecule has 2 aromatic heterocycles. The molecular weight excluding hydrogens is 421 g/mol. The molecular formula is C23H23F3N4O2. The normalized spacial score (nSPS) is 11.9. The van der Waals surface area contributed by atoms with Gasteiger partial charge in [-0.3, -0.25) is 4.98 Å². The summed E-state index contributed by atoms with van der Waals surface area (Å²) in [5.41, 5.74) is 0.646. The highest BCUT2D eigenvalue weighted by atomic mass is 19.1. The lowest BCUT2D eigenvalue weighted by molar-refractivity contribution is 0.0378. The van der Waals surface area contributed by atoms with Crippen molar-refractivity contribution in [2.45, 2.75) is 39.0 Å². The third-order valence-corrected chi connectivity index (χ3v) is 4.50.